The average molecular weight is 253 g/mol. The fraction of sp³-hybridized carbons (Fsp3) is 0.571. The van der Waals surface area contributed by atoms with Gasteiger partial charge in [0, 0.05) is 19.2 Å². The molecule has 4 nitrogen and oxygen atoms in total. The van der Waals surface area contributed by atoms with Crippen molar-refractivity contribution >= 4 is 0 Å². The van der Waals surface area contributed by atoms with Gasteiger partial charge >= 0.3 is 0 Å². The summed E-state index contributed by atoms with van der Waals surface area (Å²) in [6.07, 6.45) is 0. The van der Waals surface area contributed by atoms with Crippen molar-refractivity contribution in [3.05, 3.63) is 23.8 Å². The van der Waals surface area contributed by atoms with Crippen LogP contribution in [-0.2, 0) is 4.74 Å². The predicted molar refractivity (Wildman–Crippen MR) is 72.4 cm³/mol. The maximum atomic E-state index is 5.30. The van der Waals surface area contributed by atoms with E-state index in [0.717, 1.165) is 17.1 Å². The standard InChI is InChI=1S/C14H23NO3/c1-10(9-16-3)15-11(2)12-6-7-13(17-4)14(8-12)18-5/h6-8,10-11,15H,9H2,1-5H3. The molecule has 0 aromatic heterocycles. The molecular weight excluding hydrogens is 230 g/mol. The fourth-order valence-electron chi connectivity index (χ4n) is 1.94. The second-order valence-corrected chi connectivity index (χ2v) is 4.36. The molecule has 0 aliphatic carbocycles. The summed E-state index contributed by atoms with van der Waals surface area (Å²) < 4.78 is 15.6. The molecule has 1 rings (SSSR count). The summed E-state index contributed by atoms with van der Waals surface area (Å²) in [4.78, 5) is 0. The zero-order chi connectivity index (χ0) is 13.5. The molecule has 0 heterocycles. The third-order valence-electron chi connectivity index (χ3n) is 2.86. The Morgan fingerprint density at radius 1 is 1.06 bits per heavy atom. The van der Waals surface area contributed by atoms with Crippen molar-refractivity contribution in [1.29, 1.82) is 0 Å². The van der Waals surface area contributed by atoms with Crippen molar-refractivity contribution in [2.75, 3.05) is 27.9 Å². The topological polar surface area (TPSA) is 39.7 Å². The van der Waals surface area contributed by atoms with Crippen LogP contribution in [0.15, 0.2) is 18.2 Å². The summed E-state index contributed by atoms with van der Waals surface area (Å²) in [6.45, 7) is 4.91. The molecule has 2 unspecified atom stereocenters. The summed E-state index contributed by atoms with van der Waals surface area (Å²) >= 11 is 0. The lowest BCUT2D eigenvalue weighted by Gasteiger charge is -2.20. The van der Waals surface area contributed by atoms with Crippen molar-refractivity contribution in [3.8, 4) is 11.5 Å². The zero-order valence-corrected chi connectivity index (χ0v) is 11.8. The van der Waals surface area contributed by atoms with E-state index in [-0.39, 0.29) is 6.04 Å². The van der Waals surface area contributed by atoms with E-state index in [1.165, 1.54) is 0 Å². The molecule has 1 aromatic carbocycles. The summed E-state index contributed by atoms with van der Waals surface area (Å²) in [5.41, 5.74) is 1.16. The smallest absolute Gasteiger partial charge is 0.161 e. The first-order valence-corrected chi connectivity index (χ1v) is 6.09. The molecule has 0 aliphatic rings. The van der Waals surface area contributed by atoms with E-state index in [1.807, 2.05) is 18.2 Å². The Hall–Kier alpha value is -1.26. The van der Waals surface area contributed by atoms with Crippen molar-refractivity contribution in [2.45, 2.75) is 25.9 Å². The SMILES string of the molecule is COCC(C)NC(C)c1ccc(OC)c(OC)c1. The van der Waals surface area contributed by atoms with Gasteiger partial charge in [0.25, 0.3) is 0 Å². The third-order valence-corrected chi connectivity index (χ3v) is 2.86. The molecule has 4 heteroatoms. The molecule has 0 spiro atoms. The number of ether oxygens (including phenoxy) is 3. The summed E-state index contributed by atoms with van der Waals surface area (Å²) in [5, 5.41) is 3.46. The van der Waals surface area contributed by atoms with Gasteiger partial charge in [0.1, 0.15) is 0 Å². The Morgan fingerprint density at radius 3 is 2.28 bits per heavy atom. The lowest BCUT2D eigenvalue weighted by molar-refractivity contribution is 0.167. The Bertz CT molecular complexity index is 368. The van der Waals surface area contributed by atoms with E-state index in [2.05, 4.69) is 19.2 Å². The Morgan fingerprint density at radius 2 is 1.72 bits per heavy atom. The monoisotopic (exact) mass is 253 g/mol. The predicted octanol–water partition coefficient (Wildman–Crippen LogP) is 2.39. The Balaban J connectivity index is 2.76. The van der Waals surface area contributed by atoms with Gasteiger partial charge in [-0.25, -0.2) is 0 Å². The highest BCUT2D eigenvalue weighted by molar-refractivity contribution is 5.43. The normalized spacial score (nSPS) is 14.1. The van der Waals surface area contributed by atoms with Crippen LogP contribution in [0.1, 0.15) is 25.5 Å². The van der Waals surface area contributed by atoms with Crippen molar-refractivity contribution in [2.24, 2.45) is 0 Å². The van der Waals surface area contributed by atoms with Crippen LogP contribution in [0.4, 0.5) is 0 Å². The van der Waals surface area contributed by atoms with E-state index in [9.17, 15) is 0 Å². The quantitative estimate of drug-likeness (QED) is 0.810. The number of nitrogens with one attached hydrogen (secondary N) is 1. The van der Waals surface area contributed by atoms with Gasteiger partial charge in [-0.2, -0.15) is 0 Å². The van der Waals surface area contributed by atoms with E-state index >= 15 is 0 Å². The number of rotatable bonds is 7. The fourth-order valence-corrected chi connectivity index (χ4v) is 1.94. The molecule has 0 amide bonds. The van der Waals surface area contributed by atoms with Crippen LogP contribution in [0.3, 0.4) is 0 Å². The molecular formula is C14H23NO3. The molecule has 0 aliphatic heterocycles. The minimum absolute atomic E-state index is 0.231. The minimum atomic E-state index is 0.231. The van der Waals surface area contributed by atoms with E-state index in [0.29, 0.717) is 12.6 Å². The van der Waals surface area contributed by atoms with E-state index in [1.54, 1.807) is 21.3 Å². The number of benzene rings is 1. The first kappa shape index (κ1) is 14.8. The maximum absolute atomic E-state index is 5.30. The van der Waals surface area contributed by atoms with Crippen LogP contribution in [0.25, 0.3) is 0 Å². The lowest BCUT2D eigenvalue weighted by Crippen LogP contribution is -2.32. The van der Waals surface area contributed by atoms with Crippen LogP contribution in [0.2, 0.25) is 0 Å². The van der Waals surface area contributed by atoms with Crippen LogP contribution in [0.5, 0.6) is 11.5 Å². The summed E-state index contributed by atoms with van der Waals surface area (Å²) in [5.74, 6) is 1.50. The van der Waals surface area contributed by atoms with Crippen molar-refractivity contribution in [1.82, 2.24) is 5.32 Å². The van der Waals surface area contributed by atoms with Gasteiger partial charge in [-0.3, -0.25) is 0 Å². The van der Waals surface area contributed by atoms with Crippen LogP contribution in [-0.4, -0.2) is 34.0 Å². The molecule has 0 fully saturated rings. The first-order chi connectivity index (χ1) is 8.62. The Labute approximate surface area is 109 Å². The molecule has 102 valence electrons. The molecule has 0 saturated heterocycles. The maximum Gasteiger partial charge on any atom is 0.161 e. The number of hydrogen-bond donors (Lipinski definition) is 1. The molecule has 1 aromatic rings. The van der Waals surface area contributed by atoms with E-state index < -0.39 is 0 Å². The first-order valence-electron chi connectivity index (χ1n) is 6.09. The zero-order valence-electron chi connectivity index (χ0n) is 11.8. The van der Waals surface area contributed by atoms with Crippen LogP contribution in [0, 0.1) is 0 Å². The Kier molecular flexibility index (Phi) is 5.95. The van der Waals surface area contributed by atoms with Crippen LogP contribution >= 0.6 is 0 Å². The van der Waals surface area contributed by atoms with Crippen molar-refractivity contribution in [3.63, 3.8) is 0 Å². The highest BCUT2D eigenvalue weighted by atomic mass is 16.5. The van der Waals surface area contributed by atoms with Crippen LogP contribution < -0.4 is 14.8 Å². The van der Waals surface area contributed by atoms with Gasteiger partial charge in [-0.1, -0.05) is 6.07 Å². The highest BCUT2D eigenvalue weighted by Crippen LogP contribution is 2.29. The molecule has 18 heavy (non-hydrogen) atoms. The van der Waals surface area contributed by atoms with Crippen molar-refractivity contribution < 1.29 is 14.2 Å². The molecule has 2 atom stereocenters. The third kappa shape index (κ3) is 3.89. The highest BCUT2D eigenvalue weighted by Gasteiger charge is 2.12. The minimum Gasteiger partial charge on any atom is -0.493 e. The molecule has 0 saturated carbocycles. The average Bonchev–Trinajstić information content (AvgIpc) is 2.38. The second kappa shape index (κ2) is 7.24. The summed E-state index contributed by atoms with van der Waals surface area (Å²) in [7, 11) is 4.99. The van der Waals surface area contributed by atoms with Gasteiger partial charge in [-0.15, -0.1) is 0 Å². The summed E-state index contributed by atoms with van der Waals surface area (Å²) in [6, 6.07) is 6.50. The molecule has 1 N–H and O–H groups in total. The van der Waals surface area contributed by atoms with E-state index in [4.69, 9.17) is 14.2 Å². The van der Waals surface area contributed by atoms with Gasteiger partial charge in [0.15, 0.2) is 11.5 Å². The van der Waals surface area contributed by atoms with Gasteiger partial charge in [-0.05, 0) is 31.5 Å². The molecule has 0 radical (unpaired) electrons. The number of methoxy groups -OCH3 is 3. The van der Waals surface area contributed by atoms with Gasteiger partial charge in [0.2, 0.25) is 0 Å². The second-order valence-electron chi connectivity index (χ2n) is 4.36. The molecule has 0 bridgehead atoms. The number of hydrogen-bond acceptors (Lipinski definition) is 4. The van der Waals surface area contributed by atoms with Gasteiger partial charge < -0.3 is 19.5 Å². The largest absolute Gasteiger partial charge is 0.493 e. The van der Waals surface area contributed by atoms with Gasteiger partial charge in [0.05, 0.1) is 20.8 Å². The lowest BCUT2D eigenvalue weighted by atomic mass is 10.1.